The zero-order valence-corrected chi connectivity index (χ0v) is 11.3. The summed E-state index contributed by atoms with van der Waals surface area (Å²) in [4.78, 5) is 22.8. The minimum atomic E-state index is -0.714. The van der Waals surface area contributed by atoms with Crippen LogP contribution in [0.3, 0.4) is 0 Å². The van der Waals surface area contributed by atoms with E-state index >= 15 is 0 Å². The third kappa shape index (κ3) is 3.40. The molecule has 1 atom stereocenters. The van der Waals surface area contributed by atoms with E-state index in [4.69, 9.17) is 5.73 Å². The predicted molar refractivity (Wildman–Crippen MR) is 76.2 cm³/mol. The highest BCUT2D eigenvalue weighted by molar-refractivity contribution is 7.10. The number of thiophene rings is 1. The van der Waals surface area contributed by atoms with Crippen molar-refractivity contribution in [1.29, 1.82) is 0 Å². The molecule has 0 spiro atoms. The Kier molecular flexibility index (Phi) is 4.44. The van der Waals surface area contributed by atoms with Gasteiger partial charge in [-0.15, -0.1) is 11.3 Å². The van der Waals surface area contributed by atoms with E-state index in [2.05, 4.69) is 5.32 Å². The molecule has 0 saturated heterocycles. The summed E-state index contributed by atoms with van der Waals surface area (Å²) in [5.74, 6) is -0.307. The van der Waals surface area contributed by atoms with Crippen molar-refractivity contribution in [1.82, 2.24) is 5.32 Å². The average molecular weight is 291 g/mol. The molecule has 1 heterocycles. The largest absolute Gasteiger partial charge is 0.350 e. The lowest BCUT2D eigenvalue weighted by molar-refractivity contribution is -0.384. The van der Waals surface area contributed by atoms with Crippen LogP contribution in [0.4, 0.5) is 5.69 Å². The SMILES string of the molecule is NC(C(=O)NCc1cccc([N+](=O)[O-])c1)c1cccs1. The molecule has 0 aliphatic carbocycles. The van der Waals surface area contributed by atoms with Crippen molar-refractivity contribution in [2.75, 3.05) is 0 Å². The number of carbonyl (C=O) groups is 1. The van der Waals surface area contributed by atoms with Gasteiger partial charge in [0.2, 0.25) is 5.91 Å². The van der Waals surface area contributed by atoms with E-state index in [9.17, 15) is 14.9 Å². The summed E-state index contributed by atoms with van der Waals surface area (Å²) >= 11 is 1.41. The Hall–Kier alpha value is -2.25. The molecule has 1 aromatic carbocycles. The summed E-state index contributed by atoms with van der Waals surface area (Å²) in [6.45, 7) is 0.208. The molecule has 104 valence electrons. The summed E-state index contributed by atoms with van der Waals surface area (Å²) in [6, 6.07) is 9.03. The maximum atomic E-state index is 11.9. The lowest BCUT2D eigenvalue weighted by Crippen LogP contribution is -2.33. The number of non-ortho nitro benzene ring substituents is 1. The minimum absolute atomic E-state index is 0.000644. The molecule has 2 rings (SSSR count). The van der Waals surface area contributed by atoms with Gasteiger partial charge >= 0.3 is 0 Å². The number of nitrogens with two attached hydrogens (primary N) is 1. The zero-order valence-electron chi connectivity index (χ0n) is 10.5. The number of nitro groups is 1. The first kappa shape index (κ1) is 14.2. The van der Waals surface area contributed by atoms with Crippen LogP contribution in [0.25, 0.3) is 0 Å². The quantitative estimate of drug-likeness (QED) is 0.650. The summed E-state index contributed by atoms with van der Waals surface area (Å²) in [7, 11) is 0. The van der Waals surface area contributed by atoms with Gasteiger partial charge < -0.3 is 11.1 Å². The topological polar surface area (TPSA) is 98.3 Å². The molecule has 0 aliphatic rings. The van der Waals surface area contributed by atoms with Crippen LogP contribution < -0.4 is 11.1 Å². The van der Waals surface area contributed by atoms with E-state index in [1.807, 2.05) is 11.4 Å². The second-order valence-electron chi connectivity index (χ2n) is 4.14. The van der Waals surface area contributed by atoms with Gasteiger partial charge in [-0.3, -0.25) is 14.9 Å². The van der Waals surface area contributed by atoms with Crippen molar-refractivity contribution >= 4 is 22.9 Å². The number of nitrogens with one attached hydrogen (secondary N) is 1. The highest BCUT2D eigenvalue weighted by Gasteiger charge is 2.16. The van der Waals surface area contributed by atoms with Crippen LogP contribution in [0, 0.1) is 10.1 Å². The number of nitrogens with zero attached hydrogens (tertiary/aromatic N) is 1. The molecule has 0 radical (unpaired) electrons. The van der Waals surface area contributed by atoms with Gasteiger partial charge in [0.15, 0.2) is 0 Å². The number of amides is 1. The second-order valence-corrected chi connectivity index (χ2v) is 5.12. The summed E-state index contributed by atoms with van der Waals surface area (Å²) < 4.78 is 0. The fraction of sp³-hybridized carbons (Fsp3) is 0.154. The average Bonchev–Trinajstić information content (AvgIpc) is 2.98. The third-order valence-electron chi connectivity index (χ3n) is 2.72. The van der Waals surface area contributed by atoms with E-state index in [0.717, 1.165) is 4.88 Å². The molecule has 1 unspecified atom stereocenters. The molecular formula is C13H13N3O3S. The third-order valence-corrected chi connectivity index (χ3v) is 3.68. The first-order valence-corrected chi connectivity index (χ1v) is 6.76. The number of benzene rings is 1. The molecule has 2 aromatic rings. The van der Waals surface area contributed by atoms with Crippen molar-refractivity contribution < 1.29 is 9.72 Å². The first-order valence-electron chi connectivity index (χ1n) is 5.88. The Balaban J connectivity index is 1.96. The van der Waals surface area contributed by atoms with Gasteiger partial charge in [0, 0.05) is 23.6 Å². The molecule has 6 nitrogen and oxygen atoms in total. The molecule has 3 N–H and O–H groups in total. The zero-order chi connectivity index (χ0) is 14.5. The highest BCUT2D eigenvalue weighted by Crippen LogP contribution is 2.17. The molecule has 1 aromatic heterocycles. The van der Waals surface area contributed by atoms with Gasteiger partial charge in [0.25, 0.3) is 5.69 Å². The Bertz CT molecular complexity index is 613. The molecule has 0 aliphatic heterocycles. The molecule has 1 amide bonds. The first-order chi connectivity index (χ1) is 9.58. The van der Waals surface area contributed by atoms with Crippen LogP contribution in [0.5, 0.6) is 0 Å². The Morgan fingerprint density at radius 2 is 2.20 bits per heavy atom. The van der Waals surface area contributed by atoms with Crippen molar-refractivity contribution in [2.45, 2.75) is 12.6 Å². The Labute approximate surface area is 119 Å². The smallest absolute Gasteiger partial charge is 0.269 e. The normalized spacial score (nSPS) is 11.8. The molecule has 0 bridgehead atoms. The maximum absolute atomic E-state index is 11.9. The monoisotopic (exact) mass is 291 g/mol. The summed E-state index contributed by atoms with van der Waals surface area (Å²) in [5.41, 5.74) is 6.47. The van der Waals surface area contributed by atoms with E-state index < -0.39 is 11.0 Å². The Morgan fingerprint density at radius 3 is 2.85 bits per heavy atom. The number of carbonyl (C=O) groups excluding carboxylic acids is 1. The summed E-state index contributed by atoms with van der Waals surface area (Å²) in [6.07, 6.45) is 0. The van der Waals surface area contributed by atoms with Crippen LogP contribution in [0.1, 0.15) is 16.5 Å². The fourth-order valence-corrected chi connectivity index (χ4v) is 2.40. The van der Waals surface area contributed by atoms with Crippen molar-refractivity contribution in [3.05, 3.63) is 62.3 Å². The number of hydrogen-bond donors (Lipinski definition) is 2. The van der Waals surface area contributed by atoms with Crippen LogP contribution >= 0.6 is 11.3 Å². The van der Waals surface area contributed by atoms with Crippen molar-refractivity contribution in [3.8, 4) is 0 Å². The van der Waals surface area contributed by atoms with Crippen molar-refractivity contribution in [2.24, 2.45) is 5.73 Å². The molecule has 0 fully saturated rings. The van der Waals surface area contributed by atoms with Gasteiger partial charge in [-0.2, -0.15) is 0 Å². The van der Waals surface area contributed by atoms with Gasteiger partial charge in [-0.25, -0.2) is 0 Å². The van der Waals surface area contributed by atoms with Gasteiger partial charge in [-0.1, -0.05) is 18.2 Å². The predicted octanol–water partition coefficient (Wildman–Crippen LogP) is 1.97. The summed E-state index contributed by atoms with van der Waals surface area (Å²) in [5, 5.41) is 15.2. The van der Waals surface area contributed by atoms with Gasteiger partial charge in [0.1, 0.15) is 6.04 Å². The molecule has 20 heavy (non-hydrogen) atoms. The molecule has 0 saturated carbocycles. The minimum Gasteiger partial charge on any atom is -0.350 e. The Morgan fingerprint density at radius 1 is 1.40 bits per heavy atom. The van der Waals surface area contributed by atoms with Crippen LogP contribution in [-0.2, 0) is 11.3 Å². The lowest BCUT2D eigenvalue weighted by atomic mass is 10.2. The standard InChI is InChI=1S/C13H13N3O3S/c14-12(11-5-2-6-20-11)13(17)15-8-9-3-1-4-10(7-9)16(18)19/h1-7,12H,8,14H2,(H,15,17). The number of rotatable bonds is 5. The van der Waals surface area contributed by atoms with Gasteiger partial charge in [0.05, 0.1) is 4.92 Å². The highest BCUT2D eigenvalue weighted by atomic mass is 32.1. The second kappa shape index (κ2) is 6.27. The van der Waals surface area contributed by atoms with Crippen LogP contribution in [0.2, 0.25) is 0 Å². The van der Waals surface area contributed by atoms with E-state index in [1.54, 1.807) is 18.2 Å². The maximum Gasteiger partial charge on any atom is 0.269 e. The lowest BCUT2D eigenvalue weighted by Gasteiger charge is -2.10. The van der Waals surface area contributed by atoms with Crippen molar-refractivity contribution in [3.63, 3.8) is 0 Å². The molecule has 7 heteroatoms. The molecular weight excluding hydrogens is 278 g/mol. The number of nitro benzene ring substituents is 1. The van der Waals surface area contributed by atoms with E-state index in [0.29, 0.717) is 5.56 Å². The fourth-order valence-electron chi connectivity index (χ4n) is 1.68. The van der Waals surface area contributed by atoms with E-state index in [1.165, 1.54) is 23.5 Å². The van der Waals surface area contributed by atoms with Crippen LogP contribution in [-0.4, -0.2) is 10.8 Å². The van der Waals surface area contributed by atoms with Crippen LogP contribution in [0.15, 0.2) is 41.8 Å². The van der Waals surface area contributed by atoms with E-state index in [-0.39, 0.29) is 18.1 Å². The number of hydrogen-bond acceptors (Lipinski definition) is 5. The van der Waals surface area contributed by atoms with Gasteiger partial charge in [-0.05, 0) is 17.0 Å².